The number of hydrogen-bond acceptors (Lipinski definition) is 7. The van der Waals surface area contributed by atoms with Gasteiger partial charge in [0.25, 0.3) is 0 Å². The first-order valence-corrected chi connectivity index (χ1v) is 8.35. The van der Waals surface area contributed by atoms with Gasteiger partial charge in [-0.2, -0.15) is 0 Å². The molecule has 0 amide bonds. The van der Waals surface area contributed by atoms with Crippen LogP contribution in [0.4, 0.5) is 0 Å². The molecular weight excluding hydrogens is 315 g/mol. The Kier molecular flexibility index (Phi) is 7.71. The highest BCUT2D eigenvalue weighted by molar-refractivity contribution is 7.53. The van der Waals surface area contributed by atoms with Crippen molar-refractivity contribution in [1.29, 1.82) is 0 Å². The first-order chi connectivity index (χ1) is 9.82. The fourth-order valence-electron chi connectivity index (χ4n) is 0.865. The van der Waals surface area contributed by atoms with Gasteiger partial charge in [0.05, 0.1) is 10.8 Å². The van der Waals surface area contributed by atoms with Crippen LogP contribution in [0.3, 0.4) is 0 Å². The van der Waals surface area contributed by atoms with Crippen molar-refractivity contribution in [2.24, 2.45) is 10.8 Å². The maximum absolute atomic E-state index is 11.9. The lowest BCUT2D eigenvalue weighted by molar-refractivity contribution is -0.162. The Morgan fingerprint density at radius 3 is 1.36 bits per heavy atom. The second-order valence-corrected chi connectivity index (χ2v) is 8.59. The Morgan fingerprint density at radius 1 is 0.818 bits per heavy atom. The molecule has 0 aliphatic heterocycles. The molecule has 0 aromatic rings. The van der Waals surface area contributed by atoms with Gasteiger partial charge in [0.15, 0.2) is 6.35 Å². The Hall–Kier alpha value is -0.950. The van der Waals surface area contributed by atoms with E-state index in [1.807, 2.05) is 0 Å². The van der Waals surface area contributed by atoms with E-state index in [1.165, 1.54) is 0 Å². The molecule has 0 heterocycles. The van der Waals surface area contributed by atoms with E-state index in [-0.39, 0.29) is 0 Å². The summed E-state index contributed by atoms with van der Waals surface area (Å²) in [5.74, 6) is -1.16. The number of ether oxygens (including phenoxy) is 2. The Bertz CT molecular complexity index is 396. The van der Waals surface area contributed by atoms with Crippen LogP contribution in [0.5, 0.6) is 0 Å². The van der Waals surface area contributed by atoms with Crippen molar-refractivity contribution in [2.75, 3.05) is 19.9 Å². The summed E-state index contributed by atoms with van der Waals surface area (Å²) in [5, 5.41) is 10.9. The second-order valence-electron chi connectivity index (χ2n) is 6.60. The van der Waals surface area contributed by atoms with Gasteiger partial charge in [-0.15, -0.1) is 0 Å². The van der Waals surface area contributed by atoms with Crippen LogP contribution in [0.15, 0.2) is 0 Å². The van der Waals surface area contributed by atoms with E-state index >= 15 is 0 Å². The molecule has 0 fully saturated rings. The molecule has 0 aliphatic rings. The molecule has 0 aromatic carbocycles. The van der Waals surface area contributed by atoms with Crippen molar-refractivity contribution in [3.05, 3.63) is 0 Å². The Morgan fingerprint density at radius 2 is 1.14 bits per heavy atom. The lowest BCUT2D eigenvalue weighted by Gasteiger charge is -2.20. The molecule has 0 bridgehead atoms. The largest absolute Gasteiger partial charge is 0.438 e. The summed E-state index contributed by atoms with van der Waals surface area (Å²) in [6.07, 6.45) is -1.19. The molecule has 0 saturated heterocycles. The topological polar surface area (TPSA) is 108 Å². The predicted molar refractivity (Wildman–Crippen MR) is 76.2 cm³/mol. The van der Waals surface area contributed by atoms with Crippen LogP contribution in [-0.2, 0) is 37.8 Å². The average molecular weight is 339 g/mol. The Labute approximate surface area is 130 Å². The molecule has 0 saturated carbocycles. The van der Waals surface area contributed by atoms with E-state index in [9.17, 15) is 19.3 Å². The molecule has 0 aliphatic carbocycles. The molecule has 1 radical (unpaired) electrons. The highest BCUT2D eigenvalue weighted by Crippen LogP contribution is 2.47. The van der Waals surface area contributed by atoms with Gasteiger partial charge < -0.3 is 9.47 Å². The number of carbonyl (C=O) groups is 2. The third kappa shape index (κ3) is 7.89. The zero-order valence-electron chi connectivity index (χ0n) is 13.8. The van der Waals surface area contributed by atoms with Crippen LogP contribution in [0, 0.1) is 10.8 Å². The smallest absolute Gasteiger partial charge is 0.365 e. The predicted octanol–water partition coefficient (Wildman–Crippen LogP) is 2.69. The van der Waals surface area contributed by atoms with E-state index in [1.54, 1.807) is 41.5 Å². The molecule has 9 heteroatoms. The van der Waals surface area contributed by atoms with E-state index < -0.39 is 50.3 Å². The SMILES string of the molecule is CC(C)(C)C(=O)OCOP(=O)(C[O])OCOC(=O)C(C)(C)C. The van der Waals surface area contributed by atoms with Crippen molar-refractivity contribution in [3.63, 3.8) is 0 Å². The molecule has 0 rings (SSSR count). The Balaban J connectivity index is 4.29. The maximum atomic E-state index is 11.9. The fraction of sp³-hybridized carbons (Fsp3) is 0.846. The molecule has 8 nitrogen and oxygen atoms in total. The first kappa shape index (κ1) is 21.0. The molecular formula is C13H24O8P. The number of rotatable bonds is 7. The van der Waals surface area contributed by atoms with Gasteiger partial charge >= 0.3 is 19.5 Å². The van der Waals surface area contributed by atoms with E-state index in [0.717, 1.165) is 0 Å². The summed E-state index contributed by atoms with van der Waals surface area (Å²) < 4.78 is 30.8. The first-order valence-electron chi connectivity index (χ1n) is 6.62. The van der Waals surface area contributed by atoms with Crippen molar-refractivity contribution < 1.29 is 37.8 Å². The molecule has 0 aromatic heterocycles. The normalized spacial score (nSPS) is 12.9. The standard InChI is InChI=1S/C13H24O8P/c1-12(2,3)10(15)18-8-20-22(17,7-14)21-9-19-11(16)13(4,5)6/h7-9H2,1-6H3. The van der Waals surface area contributed by atoms with Gasteiger partial charge in [0.1, 0.15) is 0 Å². The van der Waals surface area contributed by atoms with E-state index in [0.29, 0.717) is 0 Å². The summed E-state index contributed by atoms with van der Waals surface area (Å²) in [6.45, 7) is 8.42. The second kappa shape index (κ2) is 8.06. The summed E-state index contributed by atoms with van der Waals surface area (Å²) in [4.78, 5) is 22.9. The van der Waals surface area contributed by atoms with E-state index in [4.69, 9.17) is 18.5 Å². The molecule has 22 heavy (non-hydrogen) atoms. The van der Waals surface area contributed by atoms with Crippen molar-refractivity contribution in [3.8, 4) is 0 Å². The molecule has 129 valence electrons. The zero-order chi connectivity index (χ0) is 17.6. The third-order valence-electron chi connectivity index (χ3n) is 2.26. The lowest BCUT2D eigenvalue weighted by Crippen LogP contribution is -2.25. The van der Waals surface area contributed by atoms with Crippen LogP contribution in [0.25, 0.3) is 0 Å². The van der Waals surface area contributed by atoms with Gasteiger partial charge in [0, 0.05) is 0 Å². The summed E-state index contributed by atoms with van der Waals surface area (Å²) >= 11 is 0. The minimum Gasteiger partial charge on any atom is -0.438 e. The van der Waals surface area contributed by atoms with E-state index in [2.05, 4.69) is 0 Å². The highest BCUT2D eigenvalue weighted by Gasteiger charge is 2.29. The highest BCUT2D eigenvalue weighted by atomic mass is 31.2. The summed E-state index contributed by atoms with van der Waals surface area (Å²) in [5.41, 5.74) is -1.51. The van der Waals surface area contributed by atoms with Gasteiger partial charge in [-0.1, -0.05) is 0 Å². The maximum Gasteiger partial charge on any atom is 0.365 e. The van der Waals surface area contributed by atoms with Crippen molar-refractivity contribution in [1.82, 2.24) is 0 Å². The summed E-state index contributed by atoms with van der Waals surface area (Å²) in [6, 6.07) is 0. The molecule has 0 N–H and O–H groups in total. The van der Waals surface area contributed by atoms with Crippen LogP contribution in [0.1, 0.15) is 41.5 Å². The quantitative estimate of drug-likeness (QED) is 0.398. The third-order valence-corrected chi connectivity index (χ3v) is 3.58. The molecule has 0 atom stereocenters. The van der Waals surface area contributed by atoms with Crippen molar-refractivity contribution in [2.45, 2.75) is 41.5 Å². The monoisotopic (exact) mass is 339 g/mol. The summed E-state index contributed by atoms with van der Waals surface area (Å²) in [7, 11) is -4.03. The number of carbonyl (C=O) groups excluding carboxylic acids is 2. The molecule has 0 spiro atoms. The van der Waals surface area contributed by atoms with Crippen LogP contribution >= 0.6 is 7.60 Å². The fourth-order valence-corrected chi connectivity index (χ4v) is 1.52. The average Bonchev–Trinajstić information content (AvgIpc) is 2.36. The molecule has 0 unspecified atom stereocenters. The van der Waals surface area contributed by atoms with Crippen LogP contribution < -0.4 is 0 Å². The minimum absolute atomic E-state index is 0.580. The van der Waals surface area contributed by atoms with Gasteiger partial charge in [-0.25, -0.2) is 5.11 Å². The van der Waals surface area contributed by atoms with Gasteiger partial charge in [0.2, 0.25) is 13.6 Å². The number of hydrogen-bond donors (Lipinski definition) is 0. The number of esters is 2. The zero-order valence-corrected chi connectivity index (χ0v) is 14.7. The van der Waals surface area contributed by atoms with Crippen LogP contribution in [0.2, 0.25) is 0 Å². The minimum atomic E-state index is -4.03. The van der Waals surface area contributed by atoms with Gasteiger partial charge in [-0.3, -0.25) is 23.2 Å². The van der Waals surface area contributed by atoms with Crippen molar-refractivity contribution >= 4 is 19.5 Å². The van der Waals surface area contributed by atoms with Crippen LogP contribution in [-0.4, -0.2) is 31.9 Å². The van der Waals surface area contributed by atoms with Gasteiger partial charge in [-0.05, 0) is 41.5 Å². The lowest BCUT2D eigenvalue weighted by atomic mass is 9.98.